The molecule has 0 saturated heterocycles. The number of aliphatic hydroxyl groups is 1. The Hall–Kier alpha value is -0.780. The maximum absolute atomic E-state index is 9.77. The van der Waals surface area contributed by atoms with E-state index in [0.29, 0.717) is 6.54 Å². The zero-order chi connectivity index (χ0) is 17.8. The van der Waals surface area contributed by atoms with E-state index in [1.807, 2.05) is 6.92 Å². The summed E-state index contributed by atoms with van der Waals surface area (Å²) in [6.07, 6.45) is 6.50. The third-order valence-corrected chi connectivity index (χ3v) is 4.61. The molecule has 1 N–H and O–H groups in total. The van der Waals surface area contributed by atoms with E-state index < -0.39 is 0 Å². The van der Waals surface area contributed by atoms with Gasteiger partial charge in [0.15, 0.2) is 0 Å². The van der Waals surface area contributed by atoms with Crippen molar-refractivity contribution in [3.05, 3.63) is 12.4 Å². The van der Waals surface area contributed by atoms with Crippen molar-refractivity contribution in [1.82, 2.24) is 19.6 Å². The van der Waals surface area contributed by atoms with E-state index in [-0.39, 0.29) is 6.10 Å². The molecule has 0 aromatic carbocycles. The molecule has 1 heterocycles. The van der Waals surface area contributed by atoms with Crippen molar-refractivity contribution in [3.63, 3.8) is 0 Å². The fraction of sp³-hybridized carbons (Fsp3) is 0.895. The Morgan fingerprint density at radius 2 is 1.25 bits per heavy atom. The lowest BCUT2D eigenvalue weighted by molar-refractivity contribution is 0.133. The minimum absolute atomic E-state index is 0.294. The van der Waals surface area contributed by atoms with Gasteiger partial charge < -0.3 is 24.7 Å². The Labute approximate surface area is 149 Å². The van der Waals surface area contributed by atoms with Crippen molar-refractivity contribution < 1.29 is 5.11 Å². The van der Waals surface area contributed by atoms with Gasteiger partial charge in [0.2, 0.25) is 0 Å². The van der Waals surface area contributed by atoms with Gasteiger partial charge in [-0.25, -0.2) is 0 Å². The van der Waals surface area contributed by atoms with Gasteiger partial charge in [0.1, 0.15) is 0 Å². The smallest absolute Gasteiger partial charge is 0.0686 e. The molecule has 1 atom stereocenters. The number of β-amino-alcohol motifs (C(OH)–C–C–N with tert-alkyl or cyclic N) is 1. The summed E-state index contributed by atoms with van der Waals surface area (Å²) in [4.78, 5) is 9.82. The van der Waals surface area contributed by atoms with Crippen LogP contribution in [0.3, 0.4) is 0 Å². The Kier molecular flexibility index (Phi) is 11.1. The highest BCUT2D eigenvalue weighted by molar-refractivity contribution is 4.85. The normalized spacial score (nSPS) is 22.0. The van der Waals surface area contributed by atoms with Crippen LogP contribution < -0.4 is 0 Å². The van der Waals surface area contributed by atoms with Gasteiger partial charge in [0, 0.05) is 64.8 Å². The molecule has 142 valence electrons. The van der Waals surface area contributed by atoms with Crippen LogP contribution in [0.1, 0.15) is 40.5 Å². The zero-order valence-electron chi connectivity index (χ0n) is 16.5. The standard InChI is InChI=1S/C19H40N4O/c1-5-8-21-12-10-20(7-3)11-16-23(18-19(4)24)17-15-22(9-6-2)14-13-21/h11,16,19,24H,5-10,12-15,17-18H2,1-4H3/b16-11-. The topological polar surface area (TPSA) is 33.2 Å². The minimum Gasteiger partial charge on any atom is -0.392 e. The summed E-state index contributed by atoms with van der Waals surface area (Å²) in [6, 6.07) is 0. The van der Waals surface area contributed by atoms with Crippen LogP contribution in [0.15, 0.2) is 12.4 Å². The number of likely N-dealkylation sites (N-methyl/N-ethyl adjacent to an activating group) is 1. The fourth-order valence-electron chi connectivity index (χ4n) is 3.22. The molecule has 24 heavy (non-hydrogen) atoms. The van der Waals surface area contributed by atoms with E-state index in [4.69, 9.17) is 0 Å². The lowest BCUT2D eigenvalue weighted by Crippen LogP contribution is -2.43. The first-order valence-electron chi connectivity index (χ1n) is 9.88. The number of aliphatic hydroxyl groups excluding tert-OH is 1. The van der Waals surface area contributed by atoms with Gasteiger partial charge >= 0.3 is 0 Å². The predicted molar refractivity (Wildman–Crippen MR) is 103 cm³/mol. The lowest BCUT2D eigenvalue weighted by Gasteiger charge is -2.32. The Morgan fingerprint density at radius 1 is 0.792 bits per heavy atom. The molecule has 5 nitrogen and oxygen atoms in total. The van der Waals surface area contributed by atoms with Crippen molar-refractivity contribution >= 4 is 0 Å². The predicted octanol–water partition coefficient (Wildman–Crippen LogP) is 1.90. The molecule has 0 aromatic rings. The minimum atomic E-state index is -0.294. The molecule has 1 rings (SSSR count). The molecule has 0 radical (unpaired) electrons. The van der Waals surface area contributed by atoms with Gasteiger partial charge in [-0.05, 0) is 39.8 Å². The molecular weight excluding hydrogens is 300 g/mol. The van der Waals surface area contributed by atoms with Crippen molar-refractivity contribution in [2.45, 2.75) is 46.6 Å². The molecule has 1 unspecified atom stereocenters. The van der Waals surface area contributed by atoms with E-state index in [2.05, 4.69) is 52.8 Å². The van der Waals surface area contributed by atoms with E-state index in [9.17, 15) is 5.11 Å². The summed E-state index contributed by atoms with van der Waals surface area (Å²) in [5, 5.41) is 9.77. The lowest BCUT2D eigenvalue weighted by atomic mass is 10.3. The summed E-state index contributed by atoms with van der Waals surface area (Å²) < 4.78 is 0. The van der Waals surface area contributed by atoms with Crippen LogP contribution in [0.2, 0.25) is 0 Å². The summed E-state index contributed by atoms with van der Waals surface area (Å²) in [5.74, 6) is 0. The van der Waals surface area contributed by atoms with Crippen molar-refractivity contribution in [2.24, 2.45) is 0 Å². The Balaban J connectivity index is 2.79. The molecular formula is C19H40N4O. The van der Waals surface area contributed by atoms with Crippen molar-refractivity contribution in [2.75, 3.05) is 65.4 Å². The van der Waals surface area contributed by atoms with Crippen LogP contribution in [-0.2, 0) is 0 Å². The number of hydrogen-bond donors (Lipinski definition) is 1. The first kappa shape index (κ1) is 21.3. The van der Waals surface area contributed by atoms with Crippen LogP contribution >= 0.6 is 0 Å². The summed E-state index contributed by atoms with van der Waals surface area (Å²) in [6.45, 7) is 19.2. The molecule has 0 amide bonds. The zero-order valence-corrected chi connectivity index (χ0v) is 16.5. The maximum Gasteiger partial charge on any atom is 0.0686 e. The fourth-order valence-corrected chi connectivity index (χ4v) is 3.22. The third kappa shape index (κ3) is 8.90. The largest absolute Gasteiger partial charge is 0.392 e. The summed E-state index contributed by atoms with van der Waals surface area (Å²) >= 11 is 0. The second-order valence-electron chi connectivity index (χ2n) is 6.95. The first-order chi connectivity index (χ1) is 11.6. The SMILES string of the molecule is CCCN1CCN(CC)/C=C\N(CC(C)O)CCN(CCC)CC1. The molecule has 1 aliphatic rings. The van der Waals surface area contributed by atoms with Gasteiger partial charge in [-0.1, -0.05) is 13.8 Å². The van der Waals surface area contributed by atoms with E-state index in [0.717, 1.165) is 52.4 Å². The average molecular weight is 341 g/mol. The van der Waals surface area contributed by atoms with Crippen LogP contribution in [0, 0.1) is 0 Å². The van der Waals surface area contributed by atoms with E-state index >= 15 is 0 Å². The number of rotatable bonds is 7. The summed E-state index contributed by atoms with van der Waals surface area (Å²) in [5.41, 5.74) is 0. The Morgan fingerprint density at radius 3 is 1.71 bits per heavy atom. The second kappa shape index (κ2) is 12.6. The molecule has 0 fully saturated rings. The van der Waals surface area contributed by atoms with Crippen LogP contribution in [-0.4, -0.2) is 96.3 Å². The molecule has 0 saturated carbocycles. The Bertz CT molecular complexity index is 335. The molecule has 0 bridgehead atoms. The van der Waals surface area contributed by atoms with Gasteiger partial charge in [-0.2, -0.15) is 0 Å². The maximum atomic E-state index is 9.77. The quantitative estimate of drug-likeness (QED) is 0.765. The monoisotopic (exact) mass is 340 g/mol. The van der Waals surface area contributed by atoms with E-state index in [1.54, 1.807) is 0 Å². The van der Waals surface area contributed by atoms with Crippen molar-refractivity contribution in [3.8, 4) is 0 Å². The van der Waals surface area contributed by atoms with Gasteiger partial charge in [0.05, 0.1) is 6.10 Å². The highest BCUT2D eigenvalue weighted by atomic mass is 16.3. The molecule has 5 heteroatoms. The van der Waals surface area contributed by atoms with Crippen LogP contribution in [0.25, 0.3) is 0 Å². The van der Waals surface area contributed by atoms with Crippen molar-refractivity contribution in [1.29, 1.82) is 0 Å². The first-order valence-corrected chi connectivity index (χ1v) is 9.88. The second-order valence-corrected chi connectivity index (χ2v) is 6.95. The molecule has 0 aliphatic carbocycles. The average Bonchev–Trinajstić information content (AvgIpc) is 2.54. The van der Waals surface area contributed by atoms with Gasteiger partial charge in [-0.15, -0.1) is 0 Å². The highest BCUT2D eigenvalue weighted by Gasteiger charge is 2.13. The van der Waals surface area contributed by atoms with Gasteiger partial charge in [-0.3, -0.25) is 0 Å². The van der Waals surface area contributed by atoms with Gasteiger partial charge in [0.25, 0.3) is 0 Å². The highest BCUT2D eigenvalue weighted by Crippen LogP contribution is 2.03. The molecule has 1 aliphatic heterocycles. The number of hydrogen-bond acceptors (Lipinski definition) is 5. The van der Waals surface area contributed by atoms with Crippen LogP contribution in [0.4, 0.5) is 0 Å². The number of nitrogens with zero attached hydrogens (tertiary/aromatic N) is 4. The molecule has 0 aromatic heterocycles. The third-order valence-electron chi connectivity index (χ3n) is 4.61. The summed E-state index contributed by atoms with van der Waals surface area (Å²) in [7, 11) is 0. The van der Waals surface area contributed by atoms with Crippen LogP contribution in [0.5, 0.6) is 0 Å². The molecule has 0 spiro atoms. The van der Waals surface area contributed by atoms with E-state index in [1.165, 1.54) is 19.4 Å².